The van der Waals surface area contributed by atoms with E-state index in [1.54, 1.807) is 0 Å². The van der Waals surface area contributed by atoms with Gasteiger partial charge in [-0.25, -0.2) is 0 Å². The van der Waals surface area contributed by atoms with Gasteiger partial charge >= 0.3 is 6.18 Å². The normalized spacial score (nSPS) is 21.9. The molecule has 1 fully saturated rings. The molecule has 12 heteroatoms. The van der Waals surface area contributed by atoms with Gasteiger partial charge < -0.3 is 10.6 Å². The molecule has 1 aliphatic rings. The summed E-state index contributed by atoms with van der Waals surface area (Å²) in [6, 6.07) is 2.63. The largest absolute Gasteiger partial charge is 0.416 e. The zero-order valence-electron chi connectivity index (χ0n) is 14.9. The maximum absolute atomic E-state index is 13.0. The van der Waals surface area contributed by atoms with Gasteiger partial charge in [-0.3, -0.25) is 4.79 Å². The van der Waals surface area contributed by atoms with Crippen molar-refractivity contribution >= 4 is 81.2 Å². The van der Waals surface area contributed by atoms with Crippen LogP contribution in [0.1, 0.15) is 19.4 Å². The first-order valence-corrected chi connectivity index (χ1v) is 10.3. The number of benzene rings is 1. The van der Waals surface area contributed by atoms with E-state index in [9.17, 15) is 18.0 Å². The summed E-state index contributed by atoms with van der Waals surface area (Å²) in [4.78, 5) is 12.7. The number of rotatable bonds is 5. The predicted octanol–water partition coefficient (Wildman–Crippen LogP) is 7.17. The average Bonchev–Trinajstić information content (AvgIpc) is 3.06. The Bertz CT molecular complexity index is 818. The fourth-order valence-electron chi connectivity index (χ4n) is 3.02. The molecule has 1 amide bonds. The second-order valence-corrected chi connectivity index (χ2v) is 10.9. The van der Waals surface area contributed by atoms with E-state index in [1.165, 1.54) is 6.08 Å². The average molecular weight is 533 g/mol. The van der Waals surface area contributed by atoms with Crippen LogP contribution in [0.5, 0.6) is 0 Å². The van der Waals surface area contributed by atoms with E-state index < -0.39 is 38.9 Å². The summed E-state index contributed by atoms with van der Waals surface area (Å²) in [7, 11) is 0. The van der Waals surface area contributed by atoms with Crippen LogP contribution in [-0.4, -0.2) is 15.9 Å². The monoisotopic (exact) mass is 530 g/mol. The second kappa shape index (κ2) is 8.71. The molecule has 2 N–H and O–H groups in total. The molecular formula is C17H15Cl6F3N2O. The molecule has 1 aromatic carbocycles. The van der Waals surface area contributed by atoms with E-state index in [2.05, 4.69) is 10.6 Å². The fraction of sp³-hybridized carbons (Fsp3) is 0.471. The molecule has 0 bridgehead atoms. The van der Waals surface area contributed by atoms with Gasteiger partial charge in [0.05, 0.1) is 22.2 Å². The maximum atomic E-state index is 13.0. The van der Waals surface area contributed by atoms with Crippen molar-refractivity contribution in [1.29, 1.82) is 0 Å². The molecule has 0 heterocycles. The third kappa shape index (κ3) is 6.14. The number of carbonyl (C=O) groups is 1. The first kappa shape index (κ1) is 25.0. The van der Waals surface area contributed by atoms with Crippen LogP contribution in [0.2, 0.25) is 5.02 Å². The van der Waals surface area contributed by atoms with Gasteiger partial charge in [0.1, 0.15) is 10.7 Å². The molecule has 1 saturated carbocycles. The highest BCUT2D eigenvalue weighted by Crippen LogP contribution is 2.59. The number of amides is 1. The summed E-state index contributed by atoms with van der Waals surface area (Å²) in [5.74, 6) is -1.26. The standard InChI is InChI=1S/C17H15Cl6F3N2O/c1-15(2)8(6-11(19)20)12(15)13(29)28-14(16(21,22)23)27-10-5-7(17(24,25)26)3-4-9(10)18/h3-6,8,12,14,27H,1-2H3,(H,28,29)/t8-,12+,14+/m1/s1. The Labute approximate surface area is 195 Å². The van der Waals surface area contributed by atoms with E-state index in [-0.39, 0.29) is 21.1 Å². The minimum atomic E-state index is -4.60. The van der Waals surface area contributed by atoms with E-state index in [0.29, 0.717) is 0 Å². The van der Waals surface area contributed by atoms with Crippen molar-refractivity contribution in [3.8, 4) is 0 Å². The lowest BCUT2D eigenvalue weighted by molar-refractivity contribution is -0.137. The molecule has 0 aliphatic heterocycles. The molecular weight excluding hydrogens is 518 g/mol. The lowest BCUT2D eigenvalue weighted by atomic mass is 10.1. The molecule has 0 saturated heterocycles. The summed E-state index contributed by atoms with van der Waals surface area (Å²) >= 11 is 35.1. The number of hydrogen-bond donors (Lipinski definition) is 2. The van der Waals surface area contributed by atoms with Crippen LogP contribution in [0.25, 0.3) is 0 Å². The van der Waals surface area contributed by atoms with Crippen molar-refractivity contribution in [2.24, 2.45) is 17.3 Å². The zero-order chi connectivity index (χ0) is 22.4. The van der Waals surface area contributed by atoms with Gasteiger partial charge in [-0.1, -0.05) is 83.5 Å². The summed E-state index contributed by atoms with van der Waals surface area (Å²) in [5.41, 5.74) is -1.57. The highest BCUT2D eigenvalue weighted by molar-refractivity contribution is 6.68. The van der Waals surface area contributed by atoms with Crippen molar-refractivity contribution in [3.63, 3.8) is 0 Å². The topological polar surface area (TPSA) is 41.1 Å². The summed E-state index contributed by atoms with van der Waals surface area (Å²) < 4.78 is 36.9. The molecule has 1 aromatic rings. The summed E-state index contributed by atoms with van der Waals surface area (Å²) in [6.07, 6.45) is -4.43. The van der Waals surface area contributed by atoms with Gasteiger partial charge in [-0.15, -0.1) is 0 Å². The molecule has 1 aliphatic carbocycles. The minimum absolute atomic E-state index is 0.0187. The van der Waals surface area contributed by atoms with Crippen molar-refractivity contribution in [2.75, 3.05) is 5.32 Å². The van der Waals surface area contributed by atoms with Crippen molar-refractivity contribution in [1.82, 2.24) is 5.32 Å². The van der Waals surface area contributed by atoms with Crippen molar-refractivity contribution in [2.45, 2.75) is 30.0 Å². The van der Waals surface area contributed by atoms with Crippen molar-refractivity contribution in [3.05, 3.63) is 39.4 Å². The fourth-order valence-corrected chi connectivity index (χ4v) is 3.80. The molecule has 2 rings (SSSR count). The SMILES string of the molecule is CC1(C)[C@H](C=C(Cl)Cl)[C@H]1C(=O)N[C@H](Nc1cc(C(F)(F)F)ccc1Cl)C(Cl)(Cl)Cl. The smallest absolute Gasteiger partial charge is 0.361 e. The number of hydrogen-bond acceptors (Lipinski definition) is 2. The molecule has 0 unspecified atom stereocenters. The third-order valence-corrected chi connectivity index (χ3v) is 5.94. The number of anilines is 1. The van der Waals surface area contributed by atoms with Crippen LogP contribution in [0.4, 0.5) is 18.9 Å². The number of carbonyl (C=O) groups excluding carboxylic acids is 1. The number of allylic oxidation sites excluding steroid dienone is 1. The molecule has 29 heavy (non-hydrogen) atoms. The maximum Gasteiger partial charge on any atom is 0.416 e. The molecule has 3 atom stereocenters. The Morgan fingerprint density at radius 3 is 2.28 bits per heavy atom. The lowest BCUT2D eigenvalue weighted by Gasteiger charge is -2.28. The van der Waals surface area contributed by atoms with Gasteiger partial charge in [0.15, 0.2) is 0 Å². The van der Waals surface area contributed by atoms with E-state index >= 15 is 0 Å². The van der Waals surface area contributed by atoms with Crippen molar-refractivity contribution < 1.29 is 18.0 Å². The van der Waals surface area contributed by atoms with Crippen LogP contribution in [0.3, 0.4) is 0 Å². The number of nitrogens with one attached hydrogen (secondary N) is 2. The minimum Gasteiger partial charge on any atom is -0.361 e. The van der Waals surface area contributed by atoms with Gasteiger partial charge in [-0.05, 0) is 35.6 Å². The Kier molecular flexibility index (Phi) is 7.52. The lowest BCUT2D eigenvalue weighted by Crippen LogP contribution is -2.50. The number of halogens is 9. The van der Waals surface area contributed by atoms with Crippen LogP contribution in [-0.2, 0) is 11.0 Å². The molecule has 0 aromatic heterocycles. The Balaban J connectivity index is 2.24. The molecule has 0 spiro atoms. The molecule has 3 nitrogen and oxygen atoms in total. The Morgan fingerprint density at radius 2 is 1.79 bits per heavy atom. The summed E-state index contributed by atoms with van der Waals surface area (Å²) in [5, 5.41) is 5.03. The highest BCUT2D eigenvalue weighted by Gasteiger charge is 2.61. The Hall–Kier alpha value is -0.240. The quantitative estimate of drug-likeness (QED) is 0.312. The van der Waals surface area contributed by atoms with Crippen LogP contribution < -0.4 is 10.6 Å². The summed E-state index contributed by atoms with van der Waals surface area (Å²) in [6.45, 7) is 3.66. The van der Waals surface area contributed by atoms with Gasteiger partial charge in [0, 0.05) is 0 Å². The first-order valence-electron chi connectivity index (χ1n) is 8.08. The van der Waals surface area contributed by atoms with Crippen LogP contribution in [0.15, 0.2) is 28.8 Å². The van der Waals surface area contributed by atoms with Gasteiger partial charge in [0.25, 0.3) is 0 Å². The van der Waals surface area contributed by atoms with Gasteiger partial charge in [-0.2, -0.15) is 13.2 Å². The third-order valence-electron chi connectivity index (χ3n) is 4.71. The first-order chi connectivity index (χ1) is 13.0. The predicted molar refractivity (Wildman–Crippen MR) is 113 cm³/mol. The van der Waals surface area contributed by atoms with E-state index in [0.717, 1.165) is 18.2 Å². The van der Waals surface area contributed by atoms with Crippen LogP contribution in [0, 0.1) is 17.3 Å². The van der Waals surface area contributed by atoms with E-state index in [4.69, 9.17) is 69.6 Å². The van der Waals surface area contributed by atoms with Gasteiger partial charge in [0.2, 0.25) is 9.70 Å². The number of alkyl halides is 6. The molecule has 0 radical (unpaired) electrons. The molecule has 162 valence electrons. The highest BCUT2D eigenvalue weighted by atomic mass is 35.6. The second-order valence-electron chi connectivity index (χ2n) is 7.10. The zero-order valence-corrected chi connectivity index (χ0v) is 19.4. The van der Waals surface area contributed by atoms with Crippen LogP contribution >= 0.6 is 69.6 Å². The van der Waals surface area contributed by atoms with E-state index in [1.807, 2.05) is 13.8 Å². The Morgan fingerprint density at radius 1 is 1.21 bits per heavy atom.